The van der Waals surface area contributed by atoms with Crippen molar-refractivity contribution in [3.8, 4) is 17.2 Å². The number of ether oxygens (including phenoxy) is 3. The van der Waals surface area contributed by atoms with Crippen molar-refractivity contribution in [1.82, 2.24) is 4.98 Å². The molecule has 0 unspecified atom stereocenters. The third kappa shape index (κ3) is 3.33. The van der Waals surface area contributed by atoms with Crippen molar-refractivity contribution in [2.45, 2.75) is 6.10 Å². The van der Waals surface area contributed by atoms with Gasteiger partial charge in [-0.1, -0.05) is 41.7 Å². The SMILES string of the molecule is COc1cccc(N(C(=O)[C@H]2COc3ccccc3O2)c2nc3ccccc3s2)c1. The predicted octanol–water partition coefficient (Wildman–Crippen LogP) is 4.81. The van der Waals surface area contributed by atoms with E-state index in [9.17, 15) is 4.79 Å². The number of rotatable bonds is 4. The number of fused-ring (bicyclic) bond motifs is 2. The molecule has 1 aromatic heterocycles. The monoisotopic (exact) mass is 418 g/mol. The zero-order chi connectivity index (χ0) is 20.5. The highest BCUT2D eigenvalue weighted by Gasteiger charge is 2.34. The molecule has 1 amide bonds. The number of aromatic nitrogens is 1. The molecule has 0 saturated carbocycles. The van der Waals surface area contributed by atoms with Crippen molar-refractivity contribution in [1.29, 1.82) is 0 Å². The fourth-order valence-electron chi connectivity index (χ4n) is 3.32. The second-order valence-electron chi connectivity index (χ2n) is 6.70. The smallest absolute Gasteiger partial charge is 0.278 e. The Morgan fingerprint density at radius 3 is 2.70 bits per heavy atom. The van der Waals surface area contributed by atoms with Gasteiger partial charge in [-0.3, -0.25) is 9.69 Å². The molecule has 1 aliphatic rings. The lowest BCUT2D eigenvalue weighted by atomic mass is 10.2. The van der Waals surface area contributed by atoms with Gasteiger partial charge in [0.05, 0.1) is 23.0 Å². The highest BCUT2D eigenvalue weighted by Crippen LogP contribution is 2.37. The highest BCUT2D eigenvalue weighted by atomic mass is 32.1. The summed E-state index contributed by atoms with van der Waals surface area (Å²) in [5, 5.41) is 0.567. The summed E-state index contributed by atoms with van der Waals surface area (Å²) in [6.07, 6.45) is -0.793. The van der Waals surface area contributed by atoms with Crippen molar-refractivity contribution in [2.24, 2.45) is 0 Å². The molecule has 0 N–H and O–H groups in total. The second-order valence-corrected chi connectivity index (χ2v) is 7.71. The summed E-state index contributed by atoms with van der Waals surface area (Å²) in [4.78, 5) is 19.9. The van der Waals surface area contributed by atoms with E-state index >= 15 is 0 Å². The standard InChI is InChI=1S/C23H18N2O4S/c1-27-16-8-6-7-15(13-16)25(23-24-17-9-2-5-12-21(17)30-23)22(26)20-14-28-18-10-3-4-11-19(18)29-20/h2-13,20H,14H2,1H3/t20-/m1/s1. The molecular weight excluding hydrogens is 400 g/mol. The Labute approximate surface area is 177 Å². The summed E-state index contributed by atoms with van der Waals surface area (Å²) in [5.74, 6) is 1.58. The van der Waals surface area contributed by atoms with Gasteiger partial charge >= 0.3 is 0 Å². The van der Waals surface area contributed by atoms with Crippen LogP contribution in [0.5, 0.6) is 17.2 Å². The van der Waals surface area contributed by atoms with Crippen molar-refractivity contribution >= 4 is 38.3 Å². The van der Waals surface area contributed by atoms with Crippen LogP contribution in [0.15, 0.2) is 72.8 Å². The van der Waals surface area contributed by atoms with Crippen molar-refractivity contribution in [2.75, 3.05) is 18.6 Å². The van der Waals surface area contributed by atoms with Crippen LogP contribution in [0.4, 0.5) is 10.8 Å². The number of methoxy groups -OCH3 is 1. The summed E-state index contributed by atoms with van der Waals surface area (Å²) in [6.45, 7) is 0.126. The zero-order valence-electron chi connectivity index (χ0n) is 16.1. The van der Waals surface area contributed by atoms with Crippen LogP contribution in [0.3, 0.4) is 0 Å². The van der Waals surface area contributed by atoms with E-state index in [0.717, 1.165) is 10.2 Å². The molecule has 0 bridgehead atoms. The number of hydrogen-bond donors (Lipinski definition) is 0. The average Bonchev–Trinajstić information content (AvgIpc) is 3.22. The van der Waals surface area contributed by atoms with E-state index < -0.39 is 6.10 Å². The van der Waals surface area contributed by atoms with Gasteiger partial charge in [-0.2, -0.15) is 0 Å². The summed E-state index contributed by atoms with van der Waals surface area (Å²) >= 11 is 1.45. The molecule has 3 aromatic carbocycles. The lowest BCUT2D eigenvalue weighted by Gasteiger charge is -2.29. The third-order valence-corrected chi connectivity index (χ3v) is 5.81. The number of carbonyl (C=O) groups excluding carboxylic acids is 1. The molecule has 0 fully saturated rings. The number of benzene rings is 3. The number of anilines is 2. The number of amides is 1. The first-order chi connectivity index (χ1) is 14.7. The molecule has 0 saturated heterocycles. The molecule has 4 aromatic rings. The Morgan fingerprint density at radius 2 is 1.87 bits per heavy atom. The molecule has 7 heteroatoms. The first-order valence-electron chi connectivity index (χ1n) is 9.45. The van der Waals surface area contributed by atoms with Gasteiger partial charge in [0.25, 0.3) is 5.91 Å². The minimum Gasteiger partial charge on any atom is -0.497 e. The molecule has 5 rings (SSSR count). The van der Waals surface area contributed by atoms with Crippen LogP contribution in [0, 0.1) is 0 Å². The van der Waals surface area contributed by atoms with Gasteiger partial charge in [0.15, 0.2) is 16.6 Å². The van der Waals surface area contributed by atoms with Gasteiger partial charge in [0, 0.05) is 6.07 Å². The molecule has 1 atom stereocenters. The van der Waals surface area contributed by atoms with Gasteiger partial charge in [-0.25, -0.2) is 4.98 Å². The number of hydrogen-bond acceptors (Lipinski definition) is 6. The van der Waals surface area contributed by atoms with Crippen molar-refractivity contribution in [3.63, 3.8) is 0 Å². The molecule has 0 spiro atoms. The van der Waals surface area contributed by atoms with Crippen LogP contribution in [0.2, 0.25) is 0 Å². The number of carbonyl (C=O) groups is 1. The summed E-state index contributed by atoms with van der Waals surface area (Å²) in [7, 11) is 1.60. The van der Waals surface area contributed by atoms with Gasteiger partial charge in [-0.15, -0.1) is 0 Å². The van der Waals surface area contributed by atoms with Crippen LogP contribution in [-0.2, 0) is 4.79 Å². The van der Waals surface area contributed by atoms with E-state index in [-0.39, 0.29) is 12.5 Å². The molecule has 0 radical (unpaired) electrons. The largest absolute Gasteiger partial charge is 0.497 e. The zero-order valence-corrected chi connectivity index (χ0v) is 17.0. The normalized spacial score (nSPS) is 15.0. The molecule has 0 aliphatic carbocycles. The summed E-state index contributed by atoms with van der Waals surface area (Å²) in [5.41, 5.74) is 1.49. The fraction of sp³-hybridized carbons (Fsp3) is 0.130. The van der Waals surface area contributed by atoms with Crippen LogP contribution in [-0.4, -0.2) is 30.7 Å². The Hall–Kier alpha value is -3.58. The second kappa shape index (κ2) is 7.68. The Balaban J connectivity index is 1.56. The number of para-hydroxylation sites is 3. The van der Waals surface area contributed by atoms with E-state index in [1.54, 1.807) is 18.1 Å². The van der Waals surface area contributed by atoms with E-state index in [0.29, 0.717) is 28.1 Å². The van der Waals surface area contributed by atoms with Crippen molar-refractivity contribution < 1.29 is 19.0 Å². The Morgan fingerprint density at radius 1 is 1.07 bits per heavy atom. The van der Waals surface area contributed by atoms with Crippen LogP contribution >= 0.6 is 11.3 Å². The third-order valence-electron chi connectivity index (χ3n) is 4.79. The molecule has 30 heavy (non-hydrogen) atoms. The van der Waals surface area contributed by atoms with Crippen LogP contribution in [0.1, 0.15) is 0 Å². The lowest BCUT2D eigenvalue weighted by molar-refractivity contribution is -0.126. The van der Waals surface area contributed by atoms with Gasteiger partial charge in [-0.05, 0) is 36.4 Å². The van der Waals surface area contributed by atoms with Gasteiger partial charge in [0.2, 0.25) is 6.10 Å². The molecule has 6 nitrogen and oxygen atoms in total. The minimum atomic E-state index is -0.793. The molecular formula is C23H18N2O4S. The first kappa shape index (κ1) is 18.4. The highest BCUT2D eigenvalue weighted by molar-refractivity contribution is 7.22. The molecule has 1 aliphatic heterocycles. The average molecular weight is 418 g/mol. The van der Waals surface area contributed by atoms with E-state index in [2.05, 4.69) is 0 Å². The number of thiazole rings is 1. The Kier molecular flexibility index (Phi) is 4.72. The minimum absolute atomic E-state index is 0.126. The maximum absolute atomic E-state index is 13.6. The van der Waals surface area contributed by atoms with Crippen LogP contribution < -0.4 is 19.1 Å². The van der Waals surface area contributed by atoms with E-state index in [1.807, 2.05) is 66.7 Å². The maximum atomic E-state index is 13.6. The molecule has 150 valence electrons. The maximum Gasteiger partial charge on any atom is 0.278 e. The summed E-state index contributed by atoms with van der Waals surface area (Å²) < 4.78 is 18.1. The van der Waals surface area contributed by atoms with Gasteiger partial charge < -0.3 is 14.2 Å². The summed E-state index contributed by atoms with van der Waals surface area (Å²) in [6, 6.07) is 22.5. The van der Waals surface area contributed by atoms with E-state index in [1.165, 1.54) is 11.3 Å². The number of nitrogens with zero attached hydrogens (tertiary/aromatic N) is 2. The van der Waals surface area contributed by atoms with Crippen molar-refractivity contribution in [3.05, 3.63) is 72.8 Å². The van der Waals surface area contributed by atoms with E-state index in [4.69, 9.17) is 19.2 Å². The predicted molar refractivity (Wildman–Crippen MR) is 116 cm³/mol. The lowest BCUT2D eigenvalue weighted by Crippen LogP contribution is -2.44. The van der Waals surface area contributed by atoms with Crippen LogP contribution in [0.25, 0.3) is 10.2 Å². The Bertz CT molecular complexity index is 1190. The topological polar surface area (TPSA) is 60.9 Å². The molecule has 2 heterocycles. The first-order valence-corrected chi connectivity index (χ1v) is 10.3. The fourth-order valence-corrected chi connectivity index (χ4v) is 4.31. The quantitative estimate of drug-likeness (QED) is 0.476. The van der Waals surface area contributed by atoms with Gasteiger partial charge in [0.1, 0.15) is 12.4 Å².